The highest BCUT2D eigenvalue weighted by atomic mass is 16.7. The normalized spacial score (nSPS) is 34.7. The third-order valence-corrected chi connectivity index (χ3v) is 4.82. The lowest BCUT2D eigenvalue weighted by Crippen LogP contribution is -2.42. The molecule has 2 unspecified atom stereocenters. The molecule has 0 radical (unpaired) electrons. The summed E-state index contributed by atoms with van der Waals surface area (Å²) < 4.78 is 17.0. The minimum Gasteiger partial charge on any atom is -0.444 e. The molecule has 5 heteroatoms. The van der Waals surface area contributed by atoms with Crippen LogP contribution in [0.3, 0.4) is 0 Å². The van der Waals surface area contributed by atoms with Crippen molar-refractivity contribution < 1.29 is 19.0 Å². The molecule has 0 aromatic carbocycles. The first kappa shape index (κ1) is 15.1. The Labute approximate surface area is 126 Å². The highest BCUT2D eigenvalue weighted by molar-refractivity contribution is 5.68. The molecule has 3 fully saturated rings. The van der Waals surface area contributed by atoms with Gasteiger partial charge in [-0.2, -0.15) is 0 Å². The quantitative estimate of drug-likeness (QED) is 0.808. The molecule has 1 spiro atoms. The fourth-order valence-electron chi connectivity index (χ4n) is 4.07. The van der Waals surface area contributed by atoms with Crippen LogP contribution in [-0.2, 0) is 14.2 Å². The lowest BCUT2D eigenvalue weighted by molar-refractivity contribution is -0.154. The van der Waals surface area contributed by atoms with Crippen molar-refractivity contribution in [2.75, 3.05) is 13.2 Å². The van der Waals surface area contributed by atoms with E-state index in [0.29, 0.717) is 11.8 Å². The number of fused-ring (bicyclic) bond motifs is 1. The van der Waals surface area contributed by atoms with Gasteiger partial charge in [0.2, 0.25) is 0 Å². The second kappa shape index (κ2) is 5.43. The van der Waals surface area contributed by atoms with Gasteiger partial charge in [-0.25, -0.2) is 4.79 Å². The standard InChI is InChI=1S/C16H27NO4/c1-15(2,3)21-14(18)17-13-5-4-11-9-16(10-12(11)8-13)19-6-7-20-16/h11-13H,4-10H2,1-3H3,(H,17,18)/t11-,12?,13?/m0/s1. The molecule has 1 aliphatic heterocycles. The Morgan fingerprint density at radius 1 is 1.14 bits per heavy atom. The molecule has 0 aromatic heterocycles. The maximum absolute atomic E-state index is 11.9. The molecular formula is C16H27NO4. The maximum Gasteiger partial charge on any atom is 0.407 e. The van der Waals surface area contributed by atoms with Crippen molar-refractivity contribution in [3.63, 3.8) is 0 Å². The summed E-state index contributed by atoms with van der Waals surface area (Å²) in [7, 11) is 0. The summed E-state index contributed by atoms with van der Waals surface area (Å²) in [5.74, 6) is 0.965. The van der Waals surface area contributed by atoms with Crippen LogP contribution < -0.4 is 5.32 Å². The van der Waals surface area contributed by atoms with Crippen molar-refractivity contribution in [3.8, 4) is 0 Å². The Kier molecular flexibility index (Phi) is 3.91. The average Bonchev–Trinajstić information content (AvgIpc) is 2.93. The van der Waals surface area contributed by atoms with E-state index >= 15 is 0 Å². The Hall–Kier alpha value is -0.810. The van der Waals surface area contributed by atoms with Crippen LogP contribution in [0.2, 0.25) is 0 Å². The summed E-state index contributed by atoms with van der Waals surface area (Å²) in [6, 6.07) is 0.220. The molecule has 2 aliphatic carbocycles. The lowest BCUT2D eigenvalue weighted by Gasteiger charge is -2.32. The molecule has 120 valence electrons. The molecule has 2 saturated carbocycles. The molecule has 1 heterocycles. The SMILES string of the molecule is CC(C)(C)OC(=O)NC1CC[C@H]2CC3(CC2C1)OCCO3. The van der Waals surface area contributed by atoms with Gasteiger partial charge < -0.3 is 19.5 Å². The van der Waals surface area contributed by atoms with Gasteiger partial charge in [0.25, 0.3) is 0 Å². The van der Waals surface area contributed by atoms with Crippen molar-refractivity contribution in [1.29, 1.82) is 0 Å². The van der Waals surface area contributed by atoms with E-state index in [1.54, 1.807) is 0 Å². The second-order valence-electron chi connectivity index (χ2n) is 7.69. The molecule has 5 nitrogen and oxygen atoms in total. The summed E-state index contributed by atoms with van der Waals surface area (Å²) in [5, 5.41) is 3.02. The van der Waals surface area contributed by atoms with Crippen molar-refractivity contribution >= 4 is 6.09 Å². The molecule has 1 N–H and O–H groups in total. The van der Waals surface area contributed by atoms with E-state index in [4.69, 9.17) is 14.2 Å². The summed E-state index contributed by atoms with van der Waals surface area (Å²) in [6.45, 7) is 7.11. The highest BCUT2D eigenvalue weighted by Gasteiger charge is 2.51. The number of rotatable bonds is 1. The number of amides is 1. The van der Waals surface area contributed by atoms with Gasteiger partial charge in [-0.3, -0.25) is 0 Å². The Morgan fingerprint density at radius 3 is 2.48 bits per heavy atom. The van der Waals surface area contributed by atoms with Crippen molar-refractivity contribution in [3.05, 3.63) is 0 Å². The predicted molar refractivity (Wildman–Crippen MR) is 77.9 cm³/mol. The number of carbonyl (C=O) groups is 1. The van der Waals surface area contributed by atoms with E-state index < -0.39 is 5.60 Å². The van der Waals surface area contributed by atoms with Gasteiger partial charge in [0.05, 0.1) is 13.2 Å². The summed E-state index contributed by atoms with van der Waals surface area (Å²) in [4.78, 5) is 11.9. The maximum atomic E-state index is 11.9. The molecule has 0 aromatic rings. The fraction of sp³-hybridized carbons (Fsp3) is 0.938. The van der Waals surface area contributed by atoms with Gasteiger partial charge in [0.15, 0.2) is 5.79 Å². The minimum absolute atomic E-state index is 0.220. The van der Waals surface area contributed by atoms with Crippen LogP contribution >= 0.6 is 0 Å². The molecule has 3 atom stereocenters. The number of hydrogen-bond donors (Lipinski definition) is 1. The first-order valence-electron chi connectivity index (χ1n) is 8.13. The van der Waals surface area contributed by atoms with E-state index in [0.717, 1.165) is 45.3 Å². The van der Waals surface area contributed by atoms with Gasteiger partial charge in [0, 0.05) is 18.9 Å². The van der Waals surface area contributed by atoms with E-state index in [1.165, 1.54) is 0 Å². The zero-order valence-electron chi connectivity index (χ0n) is 13.3. The molecule has 3 rings (SSSR count). The lowest BCUT2D eigenvalue weighted by atomic mass is 9.79. The Bertz CT molecular complexity index is 398. The third kappa shape index (κ3) is 3.51. The topological polar surface area (TPSA) is 56.8 Å². The third-order valence-electron chi connectivity index (χ3n) is 4.82. The fourth-order valence-corrected chi connectivity index (χ4v) is 4.07. The smallest absolute Gasteiger partial charge is 0.407 e. The average molecular weight is 297 g/mol. The first-order chi connectivity index (χ1) is 9.85. The molecule has 21 heavy (non-hydrogen) atoms. The van der Waals surface area contributed by atoms with Crippen LogP contribution in [-0.4, -0.2) is 36.7 Å². The molecule has 3 aliphatic rings. The van der Waals surface area contributed by atoms with Crippen LogP contribution in [0, 0.1) is 11.8 Å². The van der Waals surface area contributed by atoms with Gasteiger partial charge >= 0.3 is 6.09 Å². The molecular weight excluding hydrogens is 270 g/mol. The van der Waals surface area contributed by atoms with Crippen LogP contribution in [0.5, 0.6) is 0 Å². The Morgan fingerprint density at radius 2 is 1.81 bits per heavy atom. The minimum atomic E-state index is -0.440. The predicted octanol–water partition coefficient (Wildman–Crippen LogP) is 2.83. The molecule has 0 bridgehead atoms. The Balaban J connectivity index is 1.52. The summed E-state index contributed by atoms with van der Waals surface area (Å²) >= 11 is 0. The summed E-state index contributed by atoms with van der Waals surface area (Å²) in [6.07, 6.45) is 4.88. The van der Waals surface area contributed by atoms with E-state index in [1.807, 2.05) is 20.8 Å². The van der Waals surface area contributed by atoms with Crippen LogP contribution in [0.25, 0.3) is 0 Å². The van der Waals surface area contributed by atoms with Gasteiger partial charge in [-0.05, 0) is 51.9 Å². The van der Waals surface area contributed by atoms with Crippen molar-refractivity contribution in [2.45, 2.75) is 70.3 Å². The van der Waals surface area contributed by atoms with Crippen LogP contribution in [0.1, 0.15) is 52.9 Å². The summed E-state index contributed by atoms with van der Waals surface area (Å²) in [5.41, 5.74) is -0.440. The van der Waals surface area contributed by atoms with Crippen LogP contribution in [0.15, 0.2) is 0 Å². The highest BCUT2D eigenvalue weighted by Crippen LogP contribution is 2.50. The largest absolute Gasteiger partial charge is 0.444 e. The van der Waals surface area contributed by atoms with E-state index in [-0.39, 0.29) is 17.9 Å². The zero-order chi connectivity index (χ0) is 15.1. The number of nitrogens with one attached hydrogen (secondary N) is 1. The van der Waals surface area contributed by atoms with E-state index in [9.17, 15) is 4.79 Å². The number of ether oxygens (including phenoxy) is 3. The number of hydrogen-bond acceptors (Lipinski definition) is 4. The zero-order valence-corrected chi connectivity index (χ0v) is 13.3. The molecule has 1 saturated heterocycles. The molecule has 1 amide bonds. The van der Waals surface area contributed by atoms with E-state index in [2.05, 4.69) is 5.32 Å². The monoisotopic (exact) mass is 297 g/mol. The van der Waals surface area contributed by atoms with Crippen molar-refractivity contribution in [1.82, 2.24) is 5.32 Å². The first-order valence-corrected chi connectivity index (χ1v) is 8.13. The van der Waals surface area contributed by atoms with Gasteiger partial charge in [-0.1, -0.05) is 0 Å². The number of carbonyl (C=O) groups excluding carboxylic acids is 1. The van der Waals surface area contributed by atoms with Gasteiger partial charge in [0.1, 0.15) is 5.60 Å². The second-order valence-corrected chi connectivity index (χ2v) is 7.69. The van der Waals surface area contributed by atoms with Crippen molar-refractivity contribution in [2.24, 2.45) is 11.8 Å². The number of alkyl carbamates (subject to hydrolysis) is 1. The van der Waals surface area contributed by atoms with Gasteiger partial charge in [-0.15, -0.1) is 0 Å². The van der Waals surface area contributed by atoms with Crippen LogP contribution in [0.4, 0.5) is 4.79 Å².